The molecule has 3 nitrogen and oxygen atoms in total. The van der Waals surface area contributed by atoms with Gasteiger partial charge in [-0.3, -0.25) is 5.01 Å². The molecule has 0 saturated carbocycles. The highest BCUT2D eigenvalue weighted by Gasteiger charge is 2.04. The zero-order valence-electron chi connectivity index (χ0n) is 8.66. The van der Waals surface area contributed by atoms with Gasteiger partial charge in [0.2, 0.25) is 0 Å². The van der Waals surface area contributed by atoms with E-state index in [1.807, 2.05) is 32.0 Å². The largest absolute Gasteiger partial charge is 0.331 e. The van der Waals surface area contributed by atoms with Gasteiger partial charge in [0.25, 0.3) is 0 Å². The van der Waals surface area contributed by atoms with E-state index >= 15 is 0 Å². The summed E-state index contributed by atoms with van der Waals surface area (Å²) in [7, 11) is 1.71. The van der Waals surface area contributed by atoms with Crippen molar-refractivity contribution in [3.63, 3.8) is 0 Å². The van der Waals surface area contributed by atoms with E-state index in [1.165, 1.54) is 5.01 Å². The van der Waals surface area contributed by atoms with Crippen LogP contribution in [-0.4, -0.2) is 17.2 Å². The number of hydrogen-bond donors (Lipinski definition) is 2. The number of hydrazine groups is 1. The van der Waals surface area contributed by atoms with Gasteiger partial charge in [0.1, 0.15) is 0 Å². The summed E-state index contributed by atoms with van der Waals surface area (Å²) < 4.78 is 0. The topological polar surface area (TPSA) is 41.3 Å². The maximum absolute atomic E-state index is 5.51. The Balaban J connectivity index is 2.91. The van der Waals surface area contributed by atoms with E-state index in [2.05, 4.69) is 5.32 Å². The van der Waals surface area contributed by atoms with Crippen LogP contribution >= 0.6 is 12.2 Å². The Morgan fingerprint density at radius 1 is 1.36 bits per heavy atom. The lowest BCUT2D eigenvalue weighted by atomic mass is 10.1. The second-order valence-corrected chi connectivity index (χ2v) is 3.69. The van der Waals surface area contributed by atoms with Gasteiger partial charge < -0.3 is 5.32 Å². The Labute approximate surface area is 89.9 Å². The third kappa shape index (κ3) is 2.43. The lowest BCUT2D eigenvalue weighted by Crippen LogP contribution is -2.36. The maximum Gasteiger partial charge on any atom is 0.187 e. The molecule has 0 aliphatic heterocycles. The van der Waals surface area contributed by atoms with Crippen molar-refractivity contribution < 1.29 is 0 Å². The summed E-state index contributed by atoms with van der Waals surface area (Å²) in [5.74, 6) is 5.51. The third-order valence-electron chi connectivity index (χ3n) is 2.03. The predicted molar refractivity (Wildman–Crippen MR) is 64.1 cm³/mol. The summed E-state index contributed by atoms with van der Waals surface area (Å²) in [6, 6.07) is 6.09. The molecule has 0 radical (unpaired) electrons. The zero-order chi connectivity index (χ0) is 10.7. The van der Waals surface area contributed by atoms with Crippen molar-refractivity contribution >= 4 is 23.0 Å². The van der Waals surface area contributed by atoms with Crippen LogP contribution in [-0.2, 0) is 0 Å². The van der Waals surface area contributed by atoms with E-state index in [0.717, 1.165) is 16.8 Å². The van der Waals surface area contributed by atoms with Crippen LogP contribution in [0.4, 0.5) is 5.69 Å². The van der Waals surface area contributed by atoms with E-state index in [1.54, 1.807) is 7.05 Å². The molecule has 3 N–H and O–H groups in total. The summed E-state index contributed by atoms with van der Waals surface area (Å²) in [5.41, 5.74) is 3.36. The molecule has 0 aliphatic carbocycles. The molecule has 1 aromatic rings. The van der Waals surface area contributed by atoms with E-state index in [-0.39, 0.29) is 0 Å². The summed E-state index contributed by atoms with van der Waals surface area (Å²) in [6.07, 6.45) is 0. The molecule has 0 bridgehead atoms. The predicted octanol–water partition coefficient (Wildman–Crippen LogP) is 1.81. The first-order valence-corrected chi connectivity index (χ1v) is 4.79. The van der Waals surface area contributed by atoms with Crippen LogP contribution in [0.2, 0.25) is 0 Å². The van der Waals surface area contributed by atoms with Crippen molar-refractivity contribution in [3.05, 3.63) is 29.3 Å². The Kier molecular flexibility index (Phi) is 3.43. The van der Waals surface area contributed by atoms with Crippen LogP contribution in [0.3, 0.4) is 0 Å². The van der Waals surface area contributed by atoms with Crippen molar-refractivity contribution in [3.8, 4) is 0 Å². The fourth-order valence-electron chi connectivity index (χ4n) is 1.21. The highest BCUT2D eigenvalue weighted by Crippen LogP contribution is 2.19. The number of thiocarbonyl (C=S) groups is 1. The molecule has 14 heavy (non-hydrogen) atoms. The SMILES string of the molecule is Cc1cccc(C)c1NC(=S)N(C)N. The van der Waals surface area contributed by atoms with Gasteiger partial charge in [-0.25, -0.2) is 5.84 Å². The molecule has 4 heteroatoms. The molecular weight excluding hydrogens is 194 g/mol. The molecule has 0 amide bonds. The van der Waals surface area contributed by atoms with Gasteiger partial charge >= 0.3 is 0 Å². The first-order chi connectivity index (χ1) is 6.52. The minimum absolute atomic E-state index is 0.516. The van der Waals surface area contributed by atoms with Gasteiger partial charge in [-0.15, -0.1) is 0 Å². The van der Waals surface area contributed by atoms with Gasteiger partial charge in [0.15, 0.2) is 5.11 Å². The maximum atomic E-state index is 5.51. The number of rotatable bonds is 1. The third-order valence-corrected chi connectivity index (χ3v) is 2.42. The molecule has 76 valence electrons. The fourth-order valence-corrected chi connectivity index (χ4v) is 1.31. The van der Waals surface area contributed by atoms with Gasteiger partial charge in [-0.2, -0.15) is 0 Å². The second-order valence-electron chi connectivity index (χ2n) is 3.31. The molecule has 0 saturated heterocycles. The van der Waals surface area contributed by atoms with Crippen LogP contribution in [0.25, 0.3) is 0 Å². The van der Waals surface area contributed by atoms with E-state index in [0.29, 0.717) is 5.11 Å². The average molecular weight is 209 g/mol. The van der Waals surface area contributed by atoms with Crippen LogP contribution in [0, 0.1) is 13.8 Å². The van der Waals surface area contributed by atoms with Gasteiger partial charge in [0, 0.05) is 12.7 Å². The number of hydrogen-bond acceptors (Lipinski definition) is 2. The molecule has 0 spiro atoms. The first-order valence-electron chi connectivity index (χ1n) is 4.38. The molecule has 0 atom stereocenters. The molecule has 1 rings (SSSR count). The average Bonchev–Trinajstić information content (AvgIpc) is 2.11. The quantitative estimate of drug-likeness (QED) is 0.420. The molecule has 0 aromatic heterocycles. The normalized spacial score (nSPS) is 9.71. The van der Waals surface area contributed by atoms with Crippen LogP contribution < -0.4 is 11.2 Å². The minimum Gasteiger partial charge on any atom is -0.331 e. The Morgan fingerprint density at radius 3 is 2.29 bits per heavy atom. The number of nitrogens with zero attached hydrogens (tertiary/aromatic N) is 1. The zero-order valence-corrected chi connectivity index (χ0v) is 9.48. The lowest BCUT2D eigenvalue weighted by molar-refractivity contribution is 0.548. The summed E-state index contributed by atoms with van der Waals surface area (Å²) in [4.78, 5) is 0. The summed E-state index contributed by atoms with van der Waals surface area (Å²) in [5, 5.41) is 5.02. The second kappa shape index (κ2) is 4.39. The van der Waals surface area contributed by atoms with Crippen LogP contribution in [0.15, 0.2) is 18.2 Å². The van der Waals surface area contributed by atoms with Gasteiger partial charge in [0.05, 0.1) is 0 Å². The smallest absolute Gasteiger partial charge is 0.187 e. The number of para-hydroxylation sites is 1. The molecule has 0 fully saturated rings. The van der Waals surface area contributed by atoms with E-state index in [9.17, 15) is 0 Å². The van der Waals surface area contributed by atoms with Crippen LogP contribution in [0.5, 0.6) is 0 Å². The van der Waals surface area contributed by atoms with E-state index in [4.69, 9.17) is 18.1 Å². The van der Waals surface area contributed by atoms with Crippen molar-refractivity contribution in [1.82, 2.24) is 5.01 Å². The highest BCUT2D eigenvalue weighted by atomic mass is 32.1. The standard InChI is InChI=1S/C10H15N3S/c1-7-5-4-6-8(2)9(7)12-10(14)13(3)11/h4-6H,11H2,1-3H3,(H,12,14). The van der Waals surface area contributed by atoms with Gasteiger partial charge in [-0.05, 0) is 37.2 Å². The molecule has 0 aliphatic rings. The molecule has 1 aromatic carbocycles. The van der Waals surface area contributed by atoms with Crippen molar-refractivity contribution in [1.29, 1.82) is 0 Å². The number of nitrogens with two attached hydrogens (primary N) is 1. The van der Waals surface area contributed by atoms with Crippen molar-refractivity contribution in [2.24, 2.45) is 5.84 Å². The van der Waals surface area contributed by atoms with Gasteiger partial charge in [-0.1, -0.05) is 18.2 Å². The first kappa shape index (κ1) is 10.9. The van der Waals surface area contributed by atoms with Crippen molar-refractivity contribution in [2.75, 3.05) is 12.4 Å². The number of nitrogens with one attached hydrogen (secondary N) is 1. The monoisotopic (exact) mass is 209 g/mol. The highest BCUT2D eigenvalue weighted by molar-refractivity contribution is 7.80. The molecule has 0 heterocycles. The number of aryl methyl sites for hydroxylation is 2. The van der Waals surface area contributed by atoms with Crippen LogP contribution in [0.1, 0.15) is 11.1 Å². The Morgan fingerprint density at radius 2 is 1.86 bits per heavy atom. The minimum atomic E-state index is 0.516. The number of anilines is 1. The summed E-state index contributed by atoms with van der Waals surface area (Å²) in [6.45, 7) is 4.07. The fraction of sp³-hybridized carbons (Fsp3) is 0.300. The molecular formula is C10H15N3S. The Bertz CT molecular complexity index is 327. The number of benzene rings is 1. The lowest BCUT2D eigenvalue weighted by Gasteiger charge is -2.17. The van der Waals surface area contributed by atoms with Crippen molar-refractivity contribution in [2.45, 2.75) is 13.8 Å². The molecule has 0 unspecified atom stereocenters. The Hall–Kier alpha value is -1.13. The van der Waals surface area contributed by atoms with E-state index < -0.39 is 0 Å². The summed E-state index contributed by atoms with van der Waals surface area (Å²) >= 11 is 5.07.